The van der Waals surface area contributed by atoms with Crippen LogP contribution in [0.1, 0.15) is 79.4 Å². The molecule has 5 heteroatoms. The van der Waals surface area contributed by atoms with E-state index in [-0.39, 0.29) is 18.1 Å². The van der Waals surface area contributed by atoms with Gasteiger partial charge in [0.15, 0.2) is 5.78 Å². The van der Waals surface area contributed by atoms with E-state index in [1.807, 2.05) is 78.8 Å². The average Bonchev–Trinajstić information content (AvgIpc) is 2.67. The topological polar surface area (TPSA) is 69.7 Å². The van der Waals surface area contributed by atoms with Gasteiger partial charge in [0, 0.05) is 18.9 Å². The van der Waals surface area contributed by atoms with Crippen molar-refractivity contribution in [3.63, 3.8) is 0 Å². The van der Waals surface area contributed by atoms with Crippen LogP contribution in [0.2, 0.25) is 0 Å². The number of ether oxygens (including phenoxy) is 2. The number of Topliss-reactive ketones (excluding diaryl/α,β-unsaturated/α-hetero) is 1. The van der Waals surface area contributed by atoms with Crippen molar-refractivity contribution < 1.29 is 23.9 Å². The lowest BCUT2D eigenvalue weighted by Gasteiger charge is -2.43. The van der Waals surface area contributed by atoms with Crippen LogP contribution in [0.5, 0.6) is 0 Å². The molecule has 0 N–H and O–H groups in total. The molecule has 2 unspecified atom stereocenters. The third-order valence-electron chi connectivity index (χ3n) is 5.71. The molecule has 0 bridgehead atoms. The van der Waals surface area contributed by atoms with Gasteiger partial charge in [-0.3, -0.25) is 4.79 Å². The Balaban J connectivity index is 2.93. The monoisotopic (exact) mass is 418 g/mol. The van der Waals surface area contributed by atoms with Crippen LogP contribution in [0.15, 0.2) is 30.3 Å². The van der Waals surface area contributed by atoms with Crippen LogP contribution in [-0.2, 0) is 23.9 Å². The summed E-state index contributed by atoms with van der Waals surface area (Å²) in [6, 6.07) is 9.53. The molecule has 0 aromatic heterocycles. The Morgan fingerprint density at radius 3 is 2.10 bits per heavy atom. The maximum atomic E-state index is 13.7. The Morgan fingerprint density at radius 2 is 1.60 bits per heavy atom. The van der Waals surface area contributed by atoms with Crippen molar-refractivity contribution in [3.05, 3.63) is 35.9 Å². The van der Waals surface area contributed by atoms with Crippen LogP contribution in [0, 0.1) is 11.3 Å². The highest BCUT2D eigenvalue weighted by Crippen LogP contribution is 2.41. The van der Waals surface area contributed by atoms with Gasteiger partial charge in [0.2, 0.25) is 0 Å². The Kier molecular flexibility index (Phi) is 9.57. The molecular weight excluding hydrogens is 380 g/mol. The molecule has 0 saturated carbocycles. The highest BCUT2D eigenvalue weighted by Gasteiger charge is 2.48. The molecule has 2 atom stereocenters. The highest BCUT2D eigenvalue weighted by molar-refractivity contribution is 5.90. The van der Waals surface area contributed by atoms with Gasteiger partial charge < -0.3 is 19.1 Å². The van der Waals surface area contributed by atoms with Gasteiger partial charge in [-0.2, -0.15) is 0 Å². The number of ketones is 1. The first kappa shape index (κ1) is 26.2. The van der Waals surface area contributed by atoms with E-state index < -0.39 is 22.7 Å². The Hall–Kier alpha value is -1.85. The molecule has 0 aliphatic rings. The van der Waals surface area contributed by atoms with Crippen molar-refractivity contribution in [1.29, 1.82) is 0 Å². The summed E-state index contributed by atoms with van der Waals surface area (Å²) in [4.78, 5) is 35.3. The zero-order valence-electron chi connectivity index (χ0n) is 19.6. The first-order valence-electron chi connectivity index (χ1n) is 10.7. The summed E-state index contributed by atoms with van der Waals surface area (Å²) in [5, 5.41) is 0. The van der Waals surface area contributed by atoms with Gasteiger partial charge in [0.1, 0.15) is 18.7 Å². The third-order valence-corrected chi connectivity index (χ3v) is 5.71. The molecule has 0 radical (unpaired) electrons. The van der Waals surface area contributed by atoms with Crippen molar-refractivity contribution in [2.45, 2.75) is 85.0 Å². The quantitative estimate of drug-likeness (QED) is 0.328. The Morgan fingerprint density at radius 1 is 1.00 bits per heavy atom. The van der Waals surface area contributed by atoms with Gasteiger partial charge >= 0.3 is 0 Å². The smallest absolute Gasteiger partial charge is 0.174 e. The molecule has 0 saturated heterocycles. The summed E-state index contributed by atoms with van der Waals surface area (Å²) in [6.45, 7) is 13.8. The average molecular weight is 419 g/mol. The minimum absolute atomic E-state index is 0.0413. The van der Waals surface area contributed by atoms with Gasteiger partial charge in [-0.1, -0.05) is 44.2 Å². The van der Waals surface area contributed by atoms with Gasteiger partial charge in [-0.15, -0.1) is 0 Å². The predicted molar refractivity (Wildman–Crippen MR) is 118 cm³/mol. The number of rotatable bonds is 13. The summed E-state index contributed by atoms with van der Waals surface area (Å²) in [6.07, 6.45) is 2.36. The Bertz CT molecular complexity index is 685. The zero-order valence-corrected chi connectivity index (χ0v) is 19.6. The van der Waals surface area contributed by atoms with E-state index in [9.17, 15) is 14.4 Å². The number of carbonyl (C=O) groups excluding carboxylic acids is 3. The van der Waals surface area contributed by atoms with E-state index in [2.05, 4.69) is 0 Å². The SMILES string of the molecule is CC(C)(C)OC(C(=O)C(C)(C)C(C)(C)OCCCC(C=O)CC=O)c1ccccc1. The molecular formula is C25H38O5. The molecule has 1 rings (SSSR count). The number of carbonyl (C=O) groups is 3. The fourth-order valence-corrected chi connectivity index (χ4v) is 3.10. The molecule has 0 aliphatic heterocycles. The number of hydrogen-bond acceptors (Lipinski definition) is 5. The third kappa shape index (κ3) is 7.44. The molecule has 1 aromatic rings. The van der Waals surface area contributed by atoms with Crippen molar-refractivity contribution in [1.82, 2.24) is 0 Å². The number of aldehydes is 2. The van der Waals surface area contributed by atoms with E-state index >= 15 is 0 Å². The van der Waals surface area contributed by atoms with Crippen LogP contribution in [0.3, 0.4) is 0 Å². The molecule has 0 amide bonds. The van der Waals surface area contributed by atoms with Crippen molar-refractivity contribution in [3.8, 4) is 0 Å². The minimum atomic E-state index is -0.828. The van der Waals surface area contributed by atoms with Gasteiger partial charge in [-0.25, -0.2) is 0 Å². The second-order valence-electron chi connectivity index (χ2n) is 9.81. The predicted octanol–water partition coefficient (Wildman–Crippen LogP) is 5.12. The van der Waals surface area contributed by atoms with Crippen LogP contribution < -0.4 is 0 Å². The molecule has 5 nitrogen and oxygen atoms in total. The number of benzene rings is 1. The highest BCUT2D eigenvalue weighted by atomic mass is 16.5. The van der Waals surface area contributed by atoms with Gasteiger partial charge in [0.05, 0.1) is 16.6 Å². The summed E-state index contributed by atoms with van der Waals surface area (Å²) >= 11 is 0. The number of hydrogen-bond donors (Lipinski definition) is 0. The van der Waals surface area contributed by atoms with Crippen molar-refractivity contribution >= 4 is 18.4 Å². The summed E-state index contributed by atoms with van der Waals surface area (Å²) in [5.74, 6) is -0.313. The van der Waals surface area contributed by atoms with Gasteiger partial charge in [-0.05, 0) is 53.0 Å². The fraction of sp³-hybridized carbons (Fsp3) is 0.640. The normalized spacial score (nSPS) is 14.8. The molecule has 30 heavy (non-hydrogen) atoms. The minimum Gasteiger partial charge on any atom is -0.375 e. The second kappa shape index (κ2) is 11.0. The van der Waals surface area contributed by atoms with Crippen LogP contribution in [0.25, 0.3) is 0 Å². The summed E-state index contributed by atoms with van der Waals surface area (Å²) in [5.41, 5.74) is -1.24. The first-order valence-corrected chi connectivity index (χ1v) is 10.7. The Labute approximate surface area is 181 Å². The van der Waals surface area contributed by atoms with Crippen LogP contribution in [-0.4, -0.2) is 36.2 Å². The summed E-state index contributed by atoms with van der Waals surface area (Å²) < 4.78 is 12.3. The first-order chi connectivity index (χ1) is 13.9. The maximum absolute atomic E-state index is 13.7. The largest absolute Gasteiger partial charge is 0.375 e. The van der Waals surface area contributed by atoms with Gasteiger partial charge in [0.25, 0.3) is 0 Å². The molecule has 1 aromatic carbocycles. The van der Waals surface area contributed by atoms with E-state index in [4.69, 9.17) is 9.47 Å². The maximum Gasteiger partial charge on any atom is 0.174 e. The lowest BCUT2D eigenvalue weighted by Crippen LogP contribution is -2.50. The van der Waals surface area contributed by atoms with Crippen LogP contribution >= 0.6 is 0 Å². The standard InChI is InChI=1S/C25H38O5/c1-23(2,3)30-21(20-13-9-8-10-14-20)22(28)24(4,5)25(6,7)29-17-11-12-19(18-27)15-16-26/h8-10,13-14,16,18-19,21H,11-12,15,17H2,1-7H3. The van der Waals surface area contributed by atoms with Crippen molar-refractivity contribution in [2.24, 2.45) is 11.3 Å². The molecule has 0 aliphatic carbocycles. The van der Waals surface area contributed by atoms with E-state index in [0.717, 1.165) is 18.1 Å². The van der Waals surface area contributed by atoms with Crippen LogP contribution in [0.4, 0.5) is 0 Å². The molecule has 0 fully saturated rings. The molecule has 0 spiro atoms. The summed E-state index contributed by atoms with van der Waals surface area (Å²) in [7, 11) is 0. The van der Waals surface area contributed by atoms with Crippen molar-refractivity contribution in [2.75, 3.05) is 6.61 Å². The van der Waals surface area contributed by atoms with E-state index in [1.165, 1.54) is 0 Å². The lowest BCUT2D eigenvalue weighted by atomic mass is 9.71. The lowest BCUT2D eigenvalue weighted by molar-refractivity contribution is -0.168. The zero-order chi connectivity index (χ0) is 23.0. The van der Waals surface area contributed by atoms with E-state index in [1.54, 1.807) is 0 Å². The fourth-order valence-electron chi connectivity index (χ4n) is 3.10. The molecule has 168 valence electrons. The molecule has 0 heterocycles. The van der Waals surface area contributed by atoms with E-state index in [0.29, 0.717) is 19.4 Å². The second-order valence-corrected chi connectivity index (χ2v) is 9.81.